The van der Waals surface area contributed by atoms with Gasteiger partial charge in [0.05, 0.1) is 12.5 Å². The summed E-state index contributed by atoms with van der Waals surface area (Å²) < 4.78 is 16.9. The van der Waals surface area contributed by atoms with Gasteiger partial charge in [0.1, 0.15) is 53.0 Å². The second-order valence-electron chi connectivity index (χ2n) is 7.44. The number of fused-ring (bicyclic) bond motifs is 1. The van der Waals surface area contributed by atoms with E-state index < -0.39 is 36.8 Å². The molecule has 2 heterocycles. The van der Waals surface area contributed by atoms with Crippen LogP contribution in [0.25, 0.3) is 0 Å². The van der Waals surface area contributed by atoms with Crippen molar-refractivity contribution in [2.24, 2.45) is 0 Å². The first kappa shape index (κ1) is 20.4. The van der Waals surface area contributed by atoms with Crippen LogP contribution in [0.1, 0.15) is 35.4 Å². The van der Waals surface area contributed by atoms with Crippen molar-refractivity contribution < 1.29 is 44.5 Å². The van der Waals surface area contributed by atoms with Gasteiger partial charge in [0.15, 0.2) is 5.78 Å². The molecule has 0 bridgehead atoms. The SMILES string of the molecule is CC1O[C@@H](Oc2cc(O)cc3c2C(=O)CC(c2ccc(O)cc2)O3)C(O)[C@@H](O)[C@H]1O. The Morgan fingerprint density at radius 2 is 1.67 bits per heavy atom. The van der Waals surface area contributed by atoms with E-state index in [1.165, 1.54) is 31.2 Å². The van der Waals surface area contributed by atoms with Crippen molar-refractivity contribution >= 4 is 5.78 Å². The maximum Gasteiger partial charge on any atom is 0.229 e. The molecular formula is C21H22O9. The summed E-state index contributed by atoms with van der Waals surface area (Å²) in [6.45, 7) is 1.50. The Labute approximate surface area is 171 Å². The number of ether oxygens (including phenoxy) is 3. The molecule has 1 saturated heterocycles. The second kappa shape index (κ2) is 7.77. The van der Waals surface area contributed by atoms with Crippen molar-refractivity contribution in [2.75, 3.05) is 0 Å². The van der Waals surface area contributed by atoms with Crippen LogP contribution in [0.5, 0.6) is 23.0 Å². The van der Waals surface area contributed by atoms with Crippen LogP contribution in [0.15, 0.2) is 36.4 Å². The van der Waals surface area contributed by atoms with Crippen LogP contribution in [0, 0.1) is 0 Å². The van der Waals surface area contributed by atoms with Crippen molar-refractivity contribution in [3.05, 3.63) is 47.5 Å². The van der Waals surface area contributed by atoms with Crippen molar-refractivity contribution in [3.8, 4) is 23.0 Å². The third-order valence-electron chi connectivity index (χ3n) is 5.29. The van der Waals surface area contributed by atoms with Crippen LogP contribution in [0.4, 0.5) is 0 Å². The number of hydrogen-bond donors (Lipinski definition) is 5. The molecule has 4 rings (SSSR count). The molecule has 0 amide bonds. The van der Waals surface area contributed by atoms with Crippen LogP contribution >= 0.6 is 0 Å². The third-order valence-corrected chi connectivity index (χ3v) is 5.29. The second-order valence-corrected chi connectivity index (χ2v) is 7.44. The van der Waals surface area contributed by atoms with Gasteiger partial charge >= 0.3 is 0 Å². The lowest BCUT2D eigenvalue weighted by Gasteiger charge is -2.39. The first-order chi connectivity index (χ1) is 14.2. The van der Waals surface area contributed by atoms with Crippen LogP contribution in [0.3, 0.4) is 0 Å². The number of Topliss-reactive ketones (excluding diaryl/α,β-unsaturated/α-hetero) is 1. The van der Waals surface area contributed by atoms with E-state index in [4.69, 9.17) is 14.2 Å². The molecule has 2 aromatic carbocycles. The summed E-state index contributed by atoms with van der Waals surface area (Å²) in [7, 11) is 0. The van der Waals surface area contributed by atoms with Gasteiger partial charge in [-0.05, 0) is 24.6 Å². The molecule has 2 aliphatic rings. The number of phenols is 2. The predicted molar refractivity (Wildman–Crippen MR) is 102 cm³/mol. The minimum atomic E-state index is -1.57. The molecule has 0 aliphatic carbocycles. The summed E-state index contributed by atoms with van der Waals surface area (Å²) in [5, 5.41) is 49.5. The van der Waals surface area contributed by atoms with Gasteiger partial charge < -0.3 is 39.7 Å². The predicted octanol–water partition coefficient (Wildman–Crippen LogP) is 1.01. The van der Waals surface area contributed by atoms with Crippen LogP contribution in [0.2, 0.25) is 0 Å². The van der Waals surface area contributed by atoms with Gasteiger partial charge in [-0.3, -0.25) is 4.79 Å². The Morgan fingerprint density at radius 3 is 2.37 bits per heavy atom. The standard InChI is InChI=1S/C21H22O9/c1-9-18(25)19(26)20(27)21(28-9)30-16-7-12(23)6-15-17(16)13(24)8-14(29-15)10-2-4-11(22)5-3-10/h2-7,9,14,18-23,25-27H,8H2,1H3/t9?,14?,18-,19-,20?,21-/m0/s1. The van der Waals surface area contributed by atoms with Gasteiger partial charge in [-0.1, -0.05) is 12.1 Å². The van der Waals surface area contributed by atoms with E-state index in [9.17, 15) is 30.3 Å². The fraction of sp³-hybridized carbons (Fsp3) is 0.381. The van der Waals surface area contributed by atoms with E-state index in [0.717, 1.165) is 0 Å². The molecule has 0 saturated carbocycles. The Kier molecular flexibility index (Phi) is 5.29. The summed E-state index contributed by atoms with van der Waals surface area (Å²) >= 11 is 0. The van der Waals surface area contributed by atoms with Crippen LogP contribution < -0.4 is 9.47 Å². The Bertz CT molecular complexity index is 942. The molecule has 2 aromatic rings. The molecule has 1 fully saturated rings. The summed E-state index contributed by atoms with van der Waals surface area (Å²) in [6.07, 6.45) is -7.19. The van der Waals surface area contributed by atoms with Gasteiger partial charge in [-0.25, -0.2) is 0 Å². The van der Waals surface area contributed by atoms with E-state index in [0.29, 0.717) is 5.56 Å². The van der Waals surface area contributed by atoms with Crippen LogP contribution in [-0.4, -0.2) is 62.0 Å². The lowest BCUT2D eigenvalue weighted by atomic mass is 9.95. The monoisotopic (exact) mass is 418 g/mol. The number of rotatable bonds is 3. The first-order valence-electron chi connectivity index (χ1n) is 9.46. The summed E-state index contributed by atoms with van der Waals surface area (Å²) in [5.74, 6) is -0.440. The third kappa shape index (κ3) is 3.68. The Morgan fingerprint density at radius 1 is 0.967 bits per heavy atom. The normalized spacial score (nSPS) is 31.0. The lowest BCUT2D eigenvalue weighted by molar-refractivity contribution is -0.268. The molecule has 0 spiro atoms. The van der Waals surface area contributed by atoms with Crippen molar-refractivity contribution in [1.29, 1.82) is 0 Å². The quantitative estimate of drug-likeness (QED) is 0.493. The Hall–Kier alpha value is -2.85. The molecule has 0 radical (unpaired) electrons. The molecule has 9 heteroatoms. The zero-order valence-electron chi connectivity index (χ0n) is 16.0. The largest absolute Gasteiger partial charge is 0.508 e. The zero-order chi connectivity index (χ0) is 21.6. The zero-order valence-corrected chi connectivity index (χ0v) is 16.0. The first-order valence-corrected chi connectivity index (χ1v) is 9.46. The fourth-order valence-electron chi connectivity index (χ4n) is 3.61. The van der Waals surface area contributed by atoms with Gasteiger partial charge in [0.2, 0.25) is 6.29 Å². The molecule has 3 unspecified atom stereocenters. The van der Waals surface area contributed by atoms with E-state index >= 15 is 0 Å². The average Bonchev–Trinajstić information content (AvgIpc) is 2.70. The summed E-state index contributed by atoms with van der Waals surface area (Å²) in [6, 6.07) is 8.72. The minimum Gasteiger partial charge on any atom is -0.508 e. The highest BCUT2D eigenvalue weighted by molar-refractivity contribution is 6.02. The number of ketones is 1. The molecular weight excluding hydrogens is 396 g/mol. The number of phenolic OH excluding ortho intramolecular Hbond substituents is 2. The van der Waals surface area contributed by atoms with Gasteiger partial charge in [-0.15, -0.1) is 0 Å². The molecule has 5 N–H and O–H groups in total. The smallest absolute Gasteiger partial charge is 0.229 e. The molecule has 0 aromatic heterocycles. The van der Waals surface area contributed by atoms with E-state index in [1.807, 2.05) is 0 Å². The summed E-state index contributed by atoms with van der Waals surface area (Å²) in [4.78, 5) is 12.9. The van der Waals surface area contributed by atoms with E-state index in [2.05, 4.69) is 0 Å². The van der Waals surface area contributed by atoms with Gasteiger partial charge in [0.25, 0.3) is 0 Å². The fourth-order valence-corrected chi connectivity index (χ4v) is 3.61. The number of carbonyl (C=O) groups excluding carboxylic acids is 1. The van der Waals surface area contributed by atoms with Crippen LogP contribution in [-0.2, 0) is 4.74 Å². The number of aromatic hydroxyl groups is 2. The molecule has 6 atom stereocenters. The minimum absolute atomic E-state index is 0.00920. The van der Waals surface area contributed by atoms with Gasteiger partial charge in [-0.2, -0.15) is 0 Å². The van der Waals surface area contributed by atoms with Crippen molar-refractivity contribution in [1.82, 2.24) is 0 Å². The topological polar surface area (TPSA) is 146 Å². The maximum absolute atomic E-state index is 12.9. The molecule has 9 nitrogen and oxygen atoms in total. The highest BCUT2D eigenvalue weighted by atomic mass is 16.7. The highest BCUT2D eigenvalue weighted by Crippen LogP contribution is 2.43. The molecule has 160 valence electrons. The van der Waals surface area contributed by atoms with E-state index in [1.54, 1.807) is 12.1 Å². The Balaban J connectivity index is 1.63. The number of aliphatic hydroxyl groups is 3. The lowest BCUT2D eigenvalue weighted by Crippen LogP contribution is -2.58. The van der Waals surface area contributed by atoms with E-state index in [-0.39, 0.29) is 40.8 Å². The average molecular weight is 418 g/mol. The van der Waals surface area contributed by atoms with Crippen molar-refractivity contribution in [3.63, 3.8) is 0 Å². The molecule has 2 aliphatic heterocycles. The number of hydrogen-bond acceptors (Lipinski definition) is 9. The highest BCUT2D eigenvalue weighted by Gasteiger charge is 2.44. The van der Waals surface area contributed by atoms with Crippen molar-refractivity contribution in [2.45, 2.75) is 50.2 Å². The molecule has 30 heavy (non-hydrogen) atoms. The summed E-state index contributed by atoms with van der Waals surface area (Å²) in [5.41, 5.74) is 0.751. The number of aliphatic hydroxyl groups excluding tert-OH is 3. The number of benzene rings is 2. The maximum atomic E-state index is 12.9. The number of carbonyl (C=O) groups is 1. The van der Waals surface area contributed by atoms with Gasteiger partial charge in [0, 0.05) is 12.1 Å².